The zero-order chi connectivity index (χ0) is 13.0. The zero-order valence-corrected chi connectivity index (χ0v) is 12.5. The maximum absolute atomic E-state index is 6.20. The third-order valence-electron chi connectivity index (χ3n) is 4.97. The van der Waals surface area contributed by atoms with Gasteiger partial charge in [0.05, 0.1) is 6.10 Å². The van der Waals surface area contributed by atoms with E-state index in [-0.39, 0.29) is 0 Å². The number of hydrogen-bond donors (Lipinski definition) is 1. The molecule has 2 heteroatoms. The van der Waals surface area contributed by atoms with Crippen molar-refractivity contribution in [3.05, 3.63) is 0 Å². The van der Waals surface area contributed by atoms with Crippen molar-refractivity contribution in [2.45, 2.75) is 77.9 Å². The van der Waals surface area contributed by atoms with Crippen LogP contribution in [0.25, 0.3) is 0 Å². The van der Waals surface area contributed by atoms with Crippen LogP contribution in [0, 0.1) is 11.3 Å². The summed E-state index contributed by atoms with van der Waals surface area (Å²) in [6.45, 7) is 8.95. The molecule has 0 amide bonds. The minimum absolute atomic E-state index is 0.506. The first kappa shape index (κ1) is 14.3. The Balaban J connectivity index is 1.81. The highest BCUT2D eigenvalue weighted by Crippen LogP contribution is 2.54. The highest BCUT2D eigenvalue weighted by Gasteiger charge is 2.56. The molecule has 18 heavy (non-hydrogen) atoms. The Hall–Kier alpha value is -0.0800. The summed E-state index contributed by atoms with van der Waals surface area (Å²) in [5.41, 5.74) is 0.506. The first-order valence-corrected chi connectivity index (χ1v) is 8.04. The average Bonchev–Trinajstić information content (AvgIpc) is 2.83. The van der Waals surface area contributed by atoms with Crippen LogP contribution in [0.4, 0.5) is 0 Å². The predicted octanol–water partition coefficient (Wildman–Crippen LogP) is 3.75. The van der Waals surface area contributed by atoms with Gasteiger partial charge in [0.25, 0.3) is 0 Å². The minimum Gasteiger partial charge on any atom is -0.378 e. The summed E-state index contributed by atoms with van der Waals surface area (Å²) in [5.74, 6) is 0.763. The maximum atomic E-state index is 6.20. The van der Waals surface area contributed by atoms with Gasteiger partial charge in [-0.05, 0) is 44.6 Å². The van der Waals surface area contributed by atoms with Crippen LogP contribution in [0.3, 0.4) is 0 Å². The zero-order valence-electron chi connectivity index (χ0n) is 12.5. The second-order valence-corrected chi connectivity index (χ2v) is 6.72. The molecule has 1 N–H and O–H groups in total. The molecule has 2 unspecified atom stereocenters. The third-order valence-corrected chi connectivity index (χ3v) is 4.97. The predicted molar refractivity (Wildman–Crippen MR) is 76.8 cm³/mol. The average molecular weight is 253 g/mol. The van der Waals surface area contributed by atoms with Crippen molar-refractivity contribution in [3.63, 3.8) is 0 Å². The van der Waals surface area contributed by atoms with Crippen LogP contribution in [0.2, 0.25) is 0 Å². The van der Waals surface area contributed by atoms with E-state index in [1.807, 2.05) is 0 Å². The fourth-order valence-corrected chi connectivity index (χ4v) is 3.74. The van der Waals surface area contributed by atoms with Crippen LogP contribution in [0.5, 0.6) is 0 Å². The van der Waals surface area contributed by atoms with Crippen molar-refractivity contribution >= 4 is 0 Å². The van der Waals surface area contributed by atoms with E-state index in [1.165, 1.54) is 51.5 Å². The molecule has 0 aromatic carbocycles. The Kier molecular flexibility index (Phi) is 5.08. The number of nitrogens with one attached hydrogen (secondary N) is 1. The lowest BCUT2D eigenvalue weighted by atomic mass is 9.60. The van der Waals surface area contributed by atoms with Crippen molar-refractivity contribution in [2.24, 2.45) is 11.3 Å². The topological polar surface area (TPSA) is 21.3 Å². The molecule has 106 valence electrons. The monoisotopic (exact) mass is 253 g/mol. The molecule has 0 aromatic rings. The molecule has 2 aliphatic rings. The largest absolute Gasteiger partial charge is 0.378 e. The van der Waals surface area contributed by atoms with Gasteiger partial charge >= 0.3 is 0 Å². The van der Waals surface area contributed by atoms with Gasteiger partial charge in [0, 0.05) is 18.1 Å². The molecule has 2 fully saturated rings. The van der Waals surface area contributed by atoms with E-state index in [0.29, 0.717) is 11.5 Å². The molecule has 0 aliphatic heterocycles. The van der Waals surface area contributed by atoms with Gasteiger partial charge in [-0.25, -0.2) is 0 Å². The second-order valence-electron chi connectivity index (χ2n) is 6.72. The van der Waals surface area contributed by atoms with Crippen molar-refractivity contribution in [2.75, 3.05) is 13.2 Å². The van der Waals surface area contributed by atoms with E-state index in [2.05, 4.69) is 26.1 Å². The van der Waals surface area contributed by atoms with E-state index in [1.54, 1.807) is 0 Å². The van der Waals surface area contributed by atoms with E-state index in [0.717, 1.165) is 18.6 Å². The van der Waals surface area contributed by atoms with Gasteiger partial charge in [-0.3, -0.25) is 0 Å². The lowest BCUT2D eigenvalue weighted by molar-refractivity contribution is -0.134. The fraction of sp³-hybridized carbons (Fsp3) is 1.00. The van der Waals surface area contributed by atoms with Crippen LogP contribution in [0.1, 0.15) is 65.7 Å². The van der Waals surface area contributed by atoms with E-state index in [4.69, 9.17) is 4.74 Å². The summed E-state index contributed by atoms with van der Waals surface area (Å²) in [5, 5.41) is 3.75. The minimum atomic E-state index is 0.506. The standard InChI is InChI=1S/C16H31NO/c1-4-10-17-14-12-15(18-11-7-13(2)3)16(14)8-5-6-9-16/h13-15,17H,4-12H2,1-3H3. The van der Waals surface area contributed by atoms with Gasteiger partial charge in [-0.15, -0.1) is 0 Å². The first-order valence-electron chi connectivity index (χ1n) is 8.04. The summed E-state index contributed by atoms with van der Waals surface area (Å²) < 4.78 is 6.20. The Bertz CT molecular complexity index is 245. The Labute approximate surface area is 113 Å². The van der Waals surface area contributed by atoms with Crippen LogP contribution in [-0.4, -0.2) is 25.3 Å². The summed E-state index contributed by atoms with van der Waals surface area (Å²) in [6.07, 6.45) is 9.85. The molecule has 0 radical (unpaired) electrons. The van der Waals surface area contributed by atoms with Gasteiger partial charge in [0.2, 0.25) is 0 Å². The number of ether oxygens (including phenoxy) is 1. The molecule has 2 saturated carbocycles. The lowest BCUT2D eigenvalue weighted by Gasteiger charge is -2.54. The van der Waals surface area contributed by atoms with Gasteiger partial charge in [-0.2, -0.15) is 0 Å². The smallest absolute Gasteiger partial charge is 0.0661 e. The quantitative estimate of drug-likeness (QED) is 0.746. The molecule has 1 spiro atoms. The SMILES string of the molecule is CCCNC1CC(OCCC(C)C)C12CCCC2. The molecule has 2 aliphatic carbocycles. The molecule has 0 bridgehead atoms. The van der Waals surface area contributed by atoms with Crippen LogP contribution >= 0.6 is 0 Å². The third kappa shape index (κ3) is 2.91. The molecule has 0 heterocycles. The van der Waals surface area contributed by atoms with Gasteiger partial charge < -0.3 is 10.1 Å². The van der Waals surface area contributed by atoms with Crippen LogP contribution in [0.15, 0.2) is 0 Å². The lowest BCUT2D eigenvalue weighted by Crippen LogP contribution is -2.62. The molecule has 2 nitrogen and oxygen atoms in total. The van der Waals surface area contributed by atoms with Crippen molar-refractivity contribution in [3.8, 4) is 0 Å². The highest BCUT2D eigenvalue weighted by molar-refractivity contribution is 5.09. The molecular formula is C16H31NO. The van der Waals surface area contributed by atoms with Gasteiger partial charge in [0.15, 0.2) is 0 Å². The fourth-order valence-electron chi connectivity index (χ4n) is 3.74. The maximum Gasteiger partial charge on any atom is 0.0661 e. The first-order chi connectivity index (χ1) is 8.69. The van der Waals surface area contributed by atoms with E-state index >= 15 is 0 Å². The van der Waals surface area contributed by atoms with Crippen molar-refractivity contribution < 1.29 is 4.74 Å². The summed E-state index contributed by atoms with van der Waals surface area (Å²) in [6, 6.07) is 0.740. The molecule has 0 saturated heterocycles. The summed E-state index contributed by atoms with van der Waals surface area (Å²) >= 11 is 0. The van der Waals surface area contributed by atoms with Gasteiger partial charge in [-0.1, -0.05) is 33.6 Å². The summed E-state index contributed by atoms with van der Waals surface area (Å²) in [7, 11) is 0. The van der Waals surface area contributed by atoms with Crippen LogP contribution in [-0.2, 0) is 4.74 Å². The second kappa shape index (κ2) is 6.38. The van der Waals surface area contributed by atoms with Crippen LogP contribution < -0.4 is 5.32 Å². The van der Waals surface area contributed by atoms with E-state index < -0.39 is 0 Å². The molecule has 2 atom stereocenters. The Morgan fingerprint density at radius 1 is 1.28 bits per heavy atom. The molecule has 0 aromatic heterocycles. The van der Waals surface area contributed by atoms with Crippen molar-refractivity contribution in [1.82, 2.24) is 5.32 Å². The van der Waals surface area contributed by atoms with Gasteiger partial charge in [0.1, 0.15) is 0 Å². The molecule has 2 rings (SSSR count). The highest BCUT2D eigenvalue weighted by atomic mass is 16.5. The Morgan fingerprint density at radius 2 is 2.00 bits per heavy atom. The number of hydrogen-bond acceptors (Lipinski definition) is 2. The Morgan fingerprint density at radius 3 is 2.61 bits per heavy atom. The number of rotatable bonds is 7. The van der Waals surface area contributed by atoms with E-state index in [9.17, 15) is 0 Å². The normalized spacial score (nSPS) is 30.0. The summed E-state index contributed by atoms with van der Waals surface area (Å²) in [4.78, 5) is 0. The molecular weight excluding hydrogens is 222 g/mol. The van der Waals surface area contributed by atoms with Crippen molar-refractivity contribution in [1.29, 1.82) is 0 Å².